The molecule has 3 nitrogen and oxygen atoms in total. The molecule has 1 aromatic heterocycles. The number of fused-ring (bicyclic) bond motifs is 2. The molecule has 4 heteroatoms. The first-order chi connectivity index (χ1) is 6.93. The van der Waals surface area contributed by atoms with Crippen molar-refractivity contribution in [2.45, 2.75) is 0 Å². The highest BCUT2D eigenvalue weighted by Crippen LogP contribution is 2.17. The third kappa shape index (κ3) is 1.12. The van der Waals surface area contributed by atoms with Crippen LogP contribution < -0.4 is 15.1 Å². The number of ether oxygens (including phenoxy) is 1. The van der Waals surface area contributed by atoms with E-state index in [4.69, 9.17) is 4.74 Å². The Bertz CT molecular complexity index is 400. The van der Waals surface area contributed by atoms with Crippen molar-refractivity contribution >= 4 is 19.9 Å². The van der Waals surface area contributed by atoms with Gasteiger partial charge in [-0.05, 0) is 11.3 Å². The Morgan fingerprint density at radius 3 is 3.07 bits per heavy atom. The maximum atomic E-state index is 5.63. The van der Waals surface area contributed by atoms with Crippen LogP contribution in [0.15, 0.2) is 36.8 Å². The highest BCUT2D eigenvalue weighted by molar-refractivity contribution is 6.69. The van der Waals surface area contributed by atoms with Crippen LogP contribution >= 0.6 is 0 Å². The van der Waals surface area contributed by atoms with Gasteiger partial charge in [0.1, 0.15) is 21.6 Å². The molecule has 0 spiro atoms. The molecule has 2 radical (unpaired) electrons. The van der Waals surface area contributed by atoms with Crippen LogP contribution in [0.2, 0.25) is 0 Å². The summed E-state index contributed by atoms with van der Waals surface area (Å²) in [4.78, 5) is 8.08. The first kappa shape index (κ1) is 7.70. The number of rotatable bonds is 0. The van der Waals surface area contributed by atoms with Crippen LogP contribution in [0.3, 0.4) is 0 Å². The maximum Gasteiger partial charge on any atom is 0.221 e. The lowest BCUT2D eigenvalue weighted by atomic mass is 10.3. The van der Waals surface area contributed by atoms with E-state index in [1.807, 2.05) is 24.4 Å². The van der Waals surface area contributed by atoms with Crippen LogP contribution in [0.1, 0.15) is 0 Å². The fourth-order valence-electron chi connectivity index (χ4n) is 1.39. The molecule has 0 aliphatic carbocycles. The average Bonchev–Trinajstić information content (AvgIpc) is 2.26. The molecule has 1 aliphatic rings. The molecular formula is C10H6N2OSi. The lowest BCUT2D eigenvalue weighted by Crippen LogP contribution is -2.34. The van der Waals surface area contributed by atoms with Gasteiger partial charge in [-0.3, -0.25) is 0 Å². The average molecular weight is 198 g/mol. The molecule has 2 aromatic rings. The van der Waals surface area contributed by atoms with Gasteiger partial charge in [-0.1, -0.05) is 18.2 Å². The normalized spacial score (nSPS) is 12.6. The minimum absolute atomic E-state index is 0.594. The summed E-state index contributed by atoms with van der Waals surface area (Å²) in [6.07, 6.45) is 3.33. The van der Waals surface area contributed by atoms with Gasteiger partial charge in [0.25, 0.3) is 0 Å². The zero-order valence-electron chi connectivity index (χ0n) is 7.27. The second kappa shape index (κ2) is 2.92. The van der Waals surface area contributed by atoms with Crippen molar-refractivity contribution < 1.29 is 4.74 Å². The molecule has 0 saturated heterocycles. The van der Waals surface area contributed by atoms with Gasteiger partial charge >= 0.3 is 0 Å². The third-order valence-corrected chi connectivity index (χ3v) is 3.33. The van der Waals surface area contributed by atoms with Gasteiger partial charge < -0.3 is 4.74 Å². The smallest absolute Gasteiger partial charge is 0.221 e. The Kier molecular flexibility index (Phi) is 1.60. The Morgan fingerprint density at radius 1 is 1.14 bits per heavy atom. The molecule has 0 fully saturated rings. The van der Waals surface area contributed by atoms with Crippen molar-refractivity contribution in [1.82, 2.24) is 9.97 Å². The molecule has 66 valence electrons. The van der Waals surface area contributed by atoms with Gasteiger partial charge in [0.05, 0.1) is 0 Å². The van der Waals surface area contributed by atoms with E-state index in [1.165, 1.54) is 11.5 Å². The Morgan fingerprint density at radius 2 is 2.07 bits per heavy atom. The van der Waals surface area contributed by atoms with Crippen LogP contribution in [0.4, 0.5) is 0 Å². The van der Waals surface area contributed by atoms with E-state index in [1.54, 1.807) is 0 Å². The van der Waals surface area contributed by atoms with E-state index in [0.29, 0.717) is 15.4 Å². The van der Waals surface area contributed by atoms with Crippen LogP contribution in [0.25, 0.3) is 0 Å². The molecule has 2 heterocycles. The number of para-hydroxylation sites is 1. The molecular weight excluding hydrogens is 192 g/mol. The Hall–Kier alpha value is -1.68. The van der Waals surface area contributed by atoms with Crippen molar-refractivity contribution in [2.75, 3.05) is 0 Å². The van der Waals surface area contributed by atoms with Crippen LogP contribution in [-0.2, 0) is 0 Å². The molecule has 3 rings (SSSR count). The fourth-order valence-corrected chi connectivity index (χ4v) is 2.48. The van der Waals surface area contributed by atoms with Gasteiger partial charge in [-0.25, -0.2) is 9.97 Å². The molecule has 0 atom stereocenters. The Balaban J connectivity index is 2.12. The molecule has 1 aliphatic heterocycles. The number of hydrogen-bond donors (Lipinski definition) is 0. The van der Waals surface area contributed by atoms with E-state index < -0.39 is 0 Å². The van der Waals surface area contributed by atoms with Crippen molar-refractivity contribution in [3.05, 3.63) is 36.8 Å². The van der Waals surface area contributed by atoms with E-state index >= 15 is 0 Å². The maximum absolute atomic E-state index is 5.63. The van der Waals surface area contributed by atoms with Crippen molar-refractivity contribution in [2.24, 2.45) is 0 Å². The SMILES string of the molecule is c1ccc2c(c1)Oc1ncncc1[Si]2. The van der Waals surface area contributed by atoms with Crippen LogP contribution in [0.5, 0.6) is 11.6 Å². The van der Waals surface area contributed by atoms with Gasteiger partial charge in [0.15, 0.2) is 0 Å². The standard InChI is InChI=1S/C10H6N2OSi/c1-2-4-8-7(3-1)13-10-9(14-8)5-11-6-12-10/h1-6H. The summed E-state index contributed by atoms with van der Waals surface area (Å²) in [6, 6.07) is 8.02. The predicted molar refractivity (Wildman–Crippen MR) is 53.6 cm³/mol. The summed E-state index contributed by atoms with van der Waals surface area (Å²) in [6.45, 7) is 0. The lowest BCUT2D eigenvalue weighted by molar-refractivity contribution is 0.467. The monoisotopic (exact) mass is 198 g/mol. The number of nitrogens with zero attached hydrogens (tertiary/aromatic N) is 2. The largest absolute Gasteiger partial charge is 0.439 e. The van der Waals surface area contributed by atoms with Gasteiger partial charge in [0, 0.05) is 11.4 Å². The van der Waals surface area contributed by atoms with Crippen molar-refractivity contribution in [1.29, 1.82) is 0 Å². The molecule has 0 saturated carbocycles. The molecule has 1 aromatic carbocycles. The molecule has 14 heavy (non-hydrogen) atoms. The first-order valence-electron chi connectivity index (χ1n) is 4.27. The first-order valence-corrected chi connectivity index (χ1v) is 5.27. The van der Waals surface area contributed by atoms with Gasteiger partial charge in [-0.15, -0.1) is 0 Å². The molecule has 0 bridgehead atoms. The number of hydrogen-bond acceptors (Lipinski definition) is 3. The Labute approximate surface area is 83.6 Å². The summed E-state index contributed by atoms with van der Waals surface area (Å²) < 4.78 is 5.63. The highest BCUT2D eigenvalue weighted by Gasteiger charge is 2.17. The number of aromatic nitrogens is 2. The molecule has 0 amide bonds. The van der Waals surface area contributed by atoms with E-state index in [2.05, 4.69) is 16.0 Å². The molecule has 0 N–H and O–H groups in total. The minimum Gasteiger partial charge on any atom is -0.439 e. The fraction of sp³-hybridized carbons (Fsp3) is 0. The number of benzene rings is 1. The van der Waals surface area contributed by atoms with E-state index in [0.717, 1.165) is 10.9 Å². The zero-order valence-corrected chi connectivity index (χ0v) is 8.27. The summed E-state index contributed by atoms with van der Waals surface area (Å²) >= 11 is 0. The van der Waals surface area contributed by atoms with Gasteiger partial charge in [-0.2, -0.15) is 0 Å². The lowest BCUT2D eigenvalue weighted by Gasteiger charge is -2.16. The summed E-state index contributed by atoms with van der Waals surface area (Å²) in [5.74, 6) is 1.61. The van der Waals surface area contributed by atoms with Crippen molar-refractivity contribution in [3.8, 4) is 11.6 Å². The van der Waals surface area contributed by atoms with Crippen LogP contribution in [-0.4, -0.2) is 19.5 Å². The predicted octanol–water partition coefficient (Wildman–Crippen LogP) is 0.237. The minimum atomic E-state index is 0.594. The third-order valence-electron chi connectivity index (χ3n) is 2.04. The van der Waals surface area contributed by atoms with E-state index in [9.17, 15) is 0 Å². The second-order valence-electron chi connectivity index (χ2n) is 2.96. The summed E-state index contributed by atoms with van der Waals surface area (Å²) in [7, 11) is 0.594. The second-order valence-corrected chi connectivity index (χ2v) is 4.29. The molecule has 0 unspecified atom stereocenters. The zero-order chi connectivity index (χ0) is 9.38. The van der Waals surface area contributed by atoms with Gasteiger partial charge in [0.2, 0.25) is 5.88 Å². The van der Waals surface area contributed by atoms with E-state index in [-0.39, 0.29) is 0 Å². The topological polar surface area (TPSA) is 35.0 Å². The highest BCUT2D eigenvalue weighted by atomic mass is 28.2. The quantitative estimate of drug-likeness (QED) is 0.485. The summed E-state index contributed by atoms with van der Waals surface area (Å²) in [5.41, 5.74) is 0. The summed E-state index contributed by atoms with van der Waals surface area (Å²) in [5, 5.41) is 2.29. The van der Waals surface area contributed by atoms with Crippen LogP contribution in [0, 0.1) is 0 Å². The van der Waals surface area contributed by atoms with Crippen molar-refractivity contribution in [3.63, 3.8) is 0 Å².